The lowest BCUT2D eigenvalue weighted by molar-refractivity contribution is -0.139. The van der Waals surface area contributed by atoms with Gasteiger partial charge in [0.05, 0.1) is 0 Å². The second-order valence-corrected chi connectivity index (χ2v) is 6.73. The van der Waals surface area contributed by atoms with Crippen LogP contribution in [0.5, 0.6) is 0 Å². The van der Waals surface area contributed by atoms with Gasteiger partial charge in [-0.15, -0.1) is 0 Å². The Balaban J connectivity index is 2.53. The number of amides is 2. The molecule has 110 valence electrons. The van der Waals surface area contributed by atoms with Crippen molar-refractivity contribution in [2.24, 2.45) is 5.92 Å². The number of carbonyl (C=O) groups excluding carboxylic acids is 1. The number of nitrogens with one attached hydrogen (secondary N) is 1. The van der Waals surface area contributed by atoms with Gasteiger partial charge >= 0.3 is 12.0 Å². The molecule has 1 aliphatic heterocycles. The number of carboxylic acids is 1. The highest BCUT2D eigenvalue weighted by molar-refractivity contribution is 8.00. The van der Waals surface area contributed by atoms with Crippen LogP contribution >= 0.6 is 11.8 Å². The highest BCUT2D eigenvalue weighted by Gasteiger charge is 2.27. The lowest BCUT2D eigenvalue weighted by Crippen LogP contribution is -2.51. The van der Waals surface area contributed by atoms with Gasteiger partial charge in [0.2, 0.25) is 0 Å². The Labute approximate surface area is 119 Å². The maximum atomic E-state index is 12.1. The van der Waals surface area contributed by atoms with Gasteiger partial charge < -0.3 is 15.3 Å². The molecule has 2 amide bonds. The third-order valence-electron chi connectivity index (χ3n) is 3.18. The fraction of sp³-hybridized carbons (Fsp3) is 0.846. The van der Waals surface area contributed by atoms with Crippen molar-refractivity contribution in [2.45, 2.75) is 44.9 Å². The average Bonchev–Trinajstić information content (AvgIpc) is 2.37. The van der Waals surface area contributed by atoms with E-state index >= 15 is 0 Å². The van der Waals surface area contributed by atoms with E-state index in [9.17, 15) is 9.59 Å². The van der Waals surface area contributed by atoms with E-state index in [-0.39, 0.29) is 11.9 Å². The van der Waals surface area contributed by atoms with Crippen molar-refractivity contribution < 1.29 is 14.7 Å². The van der Waals surface area contributed by atoms with Crippen LogP contribution in [0.2, 0.25) is 0 Å². The number of aliphatic carboxylic acids is 1. The van der Waals surface area contributed by atoms with Crippen LogP contribution in [0.15, 0.2) is 0 Å². The first kappa shape index (κ1) is 16.1. The number of carboxylic acid groups (broad SMARTS) is 1. The van der Waals surface area contributed by atoms with Crippen molar-refractivity contribution in [3.05, 3.63) is 0 Å². The monoisotopic (exact) mass is 288 g/mol. The van der Waals surface area contributed by atoms with Crippen molar-refractivity contribution in [2.75, 3.05) is 18.8 Å². The molecule has 0 aromatic heterocycles. The molecule has 1 heterocycles. The van der Waals surface area contributed by atoms with E-state index in [1.165, 1.54) is 0 Å². The summed E-state index contributed by atoms with van der Waals surface area (Å²) < 4.78 is 0. The first-order valence-corrected chi connectivity index (χ1v) is 7.88. The van der Waals surface area contributed by atoms with Crippen LogP contribution in [-0.4, -0.2) is 52.1 Å². The molecule has 1 fully saturated rings. The summed E-state index contributed by atoms with van der Waals surface area (Å²) in [7, 11) is 0. The molecule has 1 aliphatic rings. The van der Waals surface area contributed by atoms with Crippen LogP contribution in [0, 0.1) is 5.92 Å². The van der Waals surface area contributed by atoms with Crippen LogP contribution in [-0.2, 0) is 4.79 Å². The zero-order chi connectivity index (χ0) is 14.4. The summed E-state index contributed by atoms with van der Waals surface area (Å²) in [5, 5.41) is 12.2. The Morgan fingerprint density at radius 3 is 2.68 bits per heavy atom. The summed E-state index contributed by atoms with van der Waals surface area (Å²) in [6.07, 6.45) is 1.49. The highest BCUT2D eigenvalue weighted by atomic mass is 32.2. The number of rotatable bonds is 5. The molecule has 19 heavy (non-hydrogen) atoms. The van der Waals surface area contributed by atoms with Crippen molar-refractivity contribution >= 4 is 23.8 Å². The number of urea groups is 1. The molecule has 0 radical (unpaired) electrons. The maximum absolute atomic E-state index is 12.1. The number of hydrogen-bond acceptors (Lipinski definition) is 3. The SMILES string of the molecule is CCC1CN(C(=O)N[C@@H](CC(C)C)C(=O)O)CCS1. The van der Waals surface area contributed by atoms with Gasteiger partial charge in [-0.1, -0.05) is 20.8 Å². The molecule has 2 N–H and O–H groups in total. The Morgan fingerprint density at radius 1 is 1.47 bits per heavy atom. The summed E-state index contributed by atoms with van der Waals surface area (Å²) in [5.74, 6) is 0.204. The molecular formula is C13H24N2O3S. The van der Waals surface area contributed by atoms with Crippen LogP contribution in [0.3, 0.4) is 0 Å². The van der Waals surface area contributed by atoms with E-state index in [0.29, 0.717) is 24.8 Å². The van der Waals surface area contributed by atoms with Gasteiger partial charge in [0.25, 0.3) is 0 Å². The third-order valence-corrected chi connectivity index (χ3v) is 4.56. The lowest BCUT2D eigenvalue weighted by atomic mass is 10.0. The quantitative estimate of drug-likeness (QED) is 0.812. The molecule has 0 aliphatic carbocycles. The molecule has 1 rings (SSSR count). The minimum Gasteiger partial charge on any atom is -0.480 e. The molecule has 0 bridgehead atoms. The molecular weight excluding hydrogens is 264 g/mol. The molecule has 5 nitrogen and oxygen atoms in total. The zero-order valence-corrected chi connectivity index (χ0v) is 12.7. The Bertz CT molecular complexity index is 323. The molecule has 1 saturated heterocycles. The van der Waals surface area contributed by atoms with Crippen LogP contribution in [0.4, 0.5) is 4.79 Å². The molecule has 0 saturated carbocycles. The Kier molecular flexibility index (Phi) is 6.48. The normalized spacial score (nSPS) is 21.3. The number of hydrogen-bond donors (Lipinski definition) is 2. The van der Waals surface area contributed by atoms with E-state index < -0.39 is 12.0 Å². The lowest BCUT2D eigenvalue weighted by Gasteiger charge is -2.32. The van der Waals surface area contributed by atoms with Crippen LogP contribution in [0.25, 0.3) is 0 Å². The predicted octanol–water partition coefficient (Wildman–Crippen LogP) is 2.02. The van der Waals surface area contributed by atoms with E-state index in [1.807, 2.05) is 25.6 Å². The standard InChI is InChI=1S/C13H24N2O3S/c1-4-10-8-15(5-6-19-10)13(18)14-11(12(16)17)7-9(2)3/h9-11H,4-8H2,1-3H3,(H,14,18)(H,16,17)/t10?,11-/m0/s1. The molecule has 6 heteroatoms. The van der Waals surface area contributed by atoms with E-state index in [1.54, 1.807) is 4.90 Å². The molecule has 0 aromatic carbocycles. The average molecular weight is 288 g/mol. The van der Waals surface area contributed by atoms with Gasteiger partial charge in [-0.2, -0.15) is 11.8 Å². The Hall–Kier alpha value is -0.910. The van der Waals surface area contributed by atoms with Crippen molar-refractivity contribution in [1.29, 1.82) is 0 Å². The van der Waals surface area contributed by atoms with Crippen molar-refractivity contribution in [3.8, 4) is 0 Å². The van der Waals surface area contributed by atoms with E-state index in [2.05, 4.69) is 12.2 Å². The Morgan fingerprint density at radius 2 is 2.16 bits per heavy atom. The number of nitrogens with zero attached hydrogens (tertiary/aromatic N) is 1. The van der Waals surface area contributed by atoms with Crippen LogP contribution in [0.1, 0.15) is 33.6 Å². The number of thioether (sulfide) groups is 1. The van der Waals surface area contributed by atoms with Crippen molar-refractivity contribution in [1.82, 2.24) is 10.2 Å². The molecule has 0 spiro atoms. The third kappa shape index (κ3) is 5.30. The van der Waals surface area contributed by atoms with Gasteiger partial charge in [-0.05, 0) is 18.8 Å². The summed E-state index contributed by atoms with van der Waals surface area (Å²) >= 11 is 1.88. The van der Waals surface area contributed by atoms with Crippen molar-refractivity contribution in [3.63, 3.8) is 0 Å². The summed E-state index contributed by atoms with van der Waals surface area (Å²) in [6.45, 7) is 7.42. The van der Waals surface area contributed by atoms with Gasteiger partial charge in [0.15, 0.2) is 0 Å². The predicted molar refractivity (Wildman–Crippen MR) is 77.5 cm³/mol. The molecule has 0 aromatic rings. The molecule has 2 atom stereocenters. The van der Waals surface area contributed by atoms with Gasteiger partial charge in [0.1, 0.15) is 6.04 Å². The maximum Gasteiger partial charge on any atom is 0.326 e. The summed E-state index contributed by atoms with van der Waals surface area (Å²) in [5.41, 5.74) is 0. The first-order valence-electron chi connectivity index (χ1n) is 6.83. The number of carbonyl (C=O) groups is 2. The zero-order valence-electron chi connectivity index (χ0n) is 11.9. The fourth-order valence-corrected chi connectivity index (χ4v) is 3.26. The largest absolute Gasteiger partial charge is 0.480 e. The minimum absolute atomic E-state index is 0.238. The second kappa shape index (κ2) is 7.62. The van der Waals surface area contributed by atoms with E-state index in [4.69, 9.17) is 5.11 Å². The summed E-state index contributed by atoms with van der Waals surface area (Å²) in [6, 6.07) is -1.03. The smallest absolute Gasteiger partial charge is 0.326 e. The van der Waals surface area contributed by atoms with E-state index in [0.717, 1.165) is 12.2 Å². The topological polar surface area (TPSA) is 69.6 Å². The minimum atomic E-state index is -0.958. The van der Waals surface area contributed by atoms with Gasteiger partial charge in [0, 0.05) is 24.1 Å². The van der Waals surface area contributed by atoms with Gasteiger partial charge in [-0.3, -0.25) is 0 Å². The molecule has 1 unspecified atom stereocenters. The van der Waals surface area contributed by atoms with Gasteiger partial charge in [-0.25, -0.2) is 9.59 Å². The summed E-state index contributed by atoms with van der Waals surface area (Å²) in [4.78, 5) is 25.0. The first-order chi connectivity index (χ1) is 8.93. The fourth-order valence-electron chi connectivity index (χ4n) is 2.08. The second-order valence-electron chi connectivity index (χ2n) is 5.32. The van der Waals surface area contributed by atoms with Crippen LogP contribution < -0.4 is 5.32 Å². The highest BCUT2D eigenvalue weighted by Crippen LogP contribution is 2.21.